The zero-order valence-corrected chi connectivity index (χ0v) is 9.82. The standard InChI is InChI=1S/C13H16O3/c1-4-12(13(15)16-3)11-7-5-10(6-8-11)9(2)14/h5-8,12H,4H2,1-3H3. The first-order valence-corrected chi connectivity index (χ1v) is 5.28. The van der Waals surface area contributed by atoms with E-state index in [4.69, 9.17) is 4.74 Å². The summed E-state index contributed by atoms with van der Waals surface area (Å²) in [6.07, 6.45) is 0.687. The number of benzene rings is 1. The number of rotatable bonds is 4. The Morgan fingerprint density at radius 2 is 1.81 bits per heavy atom. The van der Waals surface area contributed by atoms with Crippen LogP contribution in [0.15, 0.2) is 24.3 Å². The lowest BCUT2D eigenvalue weighted by Gasteiger charge is -2.12. The average molecular weight is 220 g/mol. The van der Waals surface area contributed by atoms with Crippen LogP contribution < -0.4 is 0 Å². The van der Waals surface area contributed by atoms with Gasteiger partial charge in [0.25, 0.3) is 0 Å². The smallest absolute Gasteiger partial charge is 0.313 e. The van der Waals surface area contributed by atoms with E-state index in [-0.39, 0.29) is 17.7 Å². The third-order valence-corrected chi connectivity index (χ3v) is 2.61. The fraction of sp³-hybridized carbons (Fsp3) is 0.385. The number of Topliss-reactive ketones (excluding diaryl/α,β-unsaturated/α-hetero) is 1. The fourth-order valence-electron chi connectivity index (χ4n) is 1.63. The maximum atomic E-state index is 11.5. The van der Waals surface area contributed by atoms with Gasteiger partial charge in [-0.3, -0.25) is 9.59 Å². The molecule has 0 saturated carbocycles. The third kappa shape index (κ3) is 2.69. The van der Waals surface area contributed by atoms with Gasteiger partial charge in [-0.15, -0.1) is 0 Å². The second-order valence-electron chi connectivity index (χ2n) is 3.66. The Balaban J connectivity index is 2.95. The van der Waals surface area contributed by atoms with Crippen LogP contribution in [0.3, 0.4) is 0 Å². The summed E-state index contributed by atoms with van der Waals surface area (Å²) in [6.45, 7) is 3.45. The van der Waals surface area contributed by atoms with Crippen LogP contribution in [-0.2, 0) is 9.53 Å². The van der Waals surface area contributed by atoms with E-state index in [1.54, 1.807) is 12.1 Å². The van der Waals surface area contributed by atoms with Gasteiger partial charge < -0.3 is 4.74 Å². The van der Waals surface area contributed by atoms with Crippen LogP contribution in [0.4, 0.5) is 0 Å². The molecule has 1 atom stereocenters. The number of hydrogen-bond donors (Lipinski definition) is 0. The van der Waals surface area contributed by atoms with Gasteiger partial charge in [0.05, 0.1) is 13.0 Å². The molecule has 0 amide bonds. The van der Waals surface area contributed by atoms with Crippen LogP contribution in [0, 0.1) is 0 Å². The Labute approximate surface area is 95.4 Å². The molecule has 0 heterocycles. The van der Waals surface area contributed by atoms with Gasteiger partial charge >= 0.3 is 5.97 Å². The van der Waals surface area contributed by atoms with Gasteiger partial charge in [-0.2, -0.15) is 0 Å². The molecule has 86 valence electrons. The monoisotopic (exact) mass is 220 g/mol. The minimum absolute atomic E-state index is 0.0256. The van der Waals surface area contributed by atoms with Crippen molar-refractivity contribution in [1.82, 2.24) is 0 Å². The molecule has 0 aliphatic carbocycles. The Hall–Kier alpha value is -1.64. The van der Waals surface area contributed by atoms with Crippen molar-refractivity contribution in [3.8, 4) is 0 Å². The van der Waals surface area contributed by atoms with Crippen molar-refractivity contribution >= 4 is 11.8 Å². The molecule has 0 N–H and O–H groups in total. The number of carbonyl (C=O) groups excluding carboxylic acids is 2. The van der Waals surface area contributed by atoms with Crippen LogP contribution >= 0.6 is 0 Å². The third-order valence-electron chi connectivity index (χ3n) is 2.61. The summed E-state index contributed by atoms with van der Waals surface area (Å²) in [7, 11) is 1.38. The van der Waals surface area contributed by atoms with E-state index in [1.165, 1.54) is 14.0 Å². The largest absolute Gasteiger partial charge is 0.469 e. The van der Waals surface area contributed by atoms with Crippen LogP contribution in [0.25, 0.3) is 0 Å². The molecule has 0 aromatic heterocycles. The Morgan fingerprint density at radius 1 is 1.25 bits per heavy atom. The van der Waals surface area contributed by atoms with Gasteiger partial charge in [0.1, 0.15) is 0 Å². The molecule has 16 heavy (non-hydrogen) atoms. The van der Waals surface area contributed by atoms with E-state index >= 15 is 0 Å². The van der Waals surface area contributed by atoms with Crippen LogP contribution in [0.2, 0.25) is 0 Å². The van der Waals surface area contributed by atoms with Gasteiger partial charge in [-0.1, -0.05) is 31.2 Å². The first-order valence-electron chi connectivity index (χ1n) is 5.28. The molecule has 0 aliphatic rings. The minimum atomic E-state index is -0.244. The van der Waals surface area contributed by atoms with E-state index in [2.05, 4.69) is 0 Å². The van der Waals surface area contributed by atoms with E-state index in [9.17, 15) is 9.59 Å². The minimum Gasteiger partial charge on any atom is -0.469 e. The van der Waals surface area contributed by atoms with Gasteiger partial charge in [0.2, 0.25) is 0 Å². The predicted octanol–water partition coefficient (Wildman–Crippen LogP) is 2.56. The quantitative estimate of drug-likeness (QED) is 0.578. The molecule has 1 rings (SSSR count). The zero-order chi connectivity index (χ0) is 12.1. The van der Waals surface area contributed by atoms with E-state index in [1.807, 2.05) is 19.1 Å². The fourth-order valence-corrected chi connectivity index (χ4v) is 1.63. The maximum absolute atomic E-state index is 11.5. The molecule has 1 unspecified atom stereocenters. The highest BCUT2D eigenvalue weighted by Crippen LogP contribution is 2.21. The molecule has 0 radical (unpaired) electrons. The van der Waals surface area contributed by atoms with Crippen LogP contribution in [-0.4, -0.2) is 18.9 Å². The highest BCUT2D eigenvalue weighted by molar-refractivity contribution is 5.94. The SMILES string of the molecule is CCC(C(=O)OC)c1ccc(C(C)=O)cc1. The zero-order valence-electron chi connectivity index (χ0n) is 9.82. The van der Waals surface area contributed by atoms with Crippen molar-refractivity contribution in [2.75, 3.05) is 7.11 Å². The summed E-state index contributed by atoms with van der Waals surface area (Å²) in [6, 6.07) is 7.09. The first kappa shape index (κ1) is 12.4. The number of esters is 1. The number of ketones is 1. The highest BCUT2D eigenvalue weighted by Gasteiger charge is 2.18. The highest BCUT2D eigenvalue weighted by atomic mass is 16.5. The molecule has 1 aromatic rings. The topological polar surface area (TPSA) is 43.4 Å². The van der Waals surface area contributed by atoms with Crippen molar-refractivity contribution in [2.24, 2.45) is 0 Å². The Kier molecular flexibility index (Phi) is 4.23. The predicted molar refractivity (Wildman–Crippen MR) is 61.5 cm³/mol. The summed E-state index contributed by atoms with van der Waals surface area (Å²) in [5.74, 6) is -0.457. The van der Waals surface area contributed by atoms with Crippen molar-refractivity contribution < 1.29 is 14.3 Å². The van der Waals surface area contributed by atoms with Crippen molar-refractivity contribution in [3.63, 3.8) is 0 Å². The second kappa shape index (κ2) is 5.45. The lowest BCUT2D eigenvalue weighted by atomic mass is 9.95. The number of hydrogen-bond acceptors (Lipinski definition) is 3. The average Bonchev–Trinajstić information content (AvgIpc) is 2.30. The molecule has 3 nitrogen and oxygen atoms in total. The van der Waals surface area contributed by atoms with Crippen molar-refractivity contribution in [2.45, 2.75) is 26.2 Å². The Bertz CT molecular complexity index is 379. The summed E-state index contributed by atoms with van der Waals surface area (Å²) in [5, 5.41) is 0. The lowest BCUT2D eigenvalue weighted by Crippen LogP contribution is -2.13. The molecule has 0 aliphatic heterocycles. The summed E-state index contributed by atoms with van der Waals surface area (Å²) >= 11 is 0. The Morgan fingerprint density at radius 3 is 2.19 bits per heavy atom. The van der Waals surface area contributed by atoms with Crippen LogP contribution in [0.5, 0.6) is 0 Å². The van der Waals surface area contributed by atoms with Gasteiger partial charge in [0.15, 0.2) is 5.78 Å². The van der Waals surface area contributed by atoms with E-state index < -0.39 is 0 Å². The lowest BCUT2D eigenvalue weighted by molar-refractivity contribution is -0.142. The van der Waals surface area contributed by atoms with Gasteiger partial charge in [0, 0.05) is 5.56 Å². The second-order valence-corrected chi connectivity index (χ2v) is 3.66. The molecular formula is C13H16O3. The van der Waals surface area contributed by atoms with E-state index in [0.29, 0.717) is 12.0 Å². The summed E-state index contributed by atoms with van der Waals surface area (Å²) in [5.41, 5.74) is 1.54. The van der Waals surface area contributed by atoms with Crippen molar-refractivity contribution in [1.29, 1.82) is 0 Å². The van der Waals surface area contributed by atoms with Gasteiger partial charge in [-0.25, -0.2) is 0 Å². The molecule has 1 aromatic carbocycles. The maximum Gasteiger partial charge on any atom is 0.313 e. The number of ether oxygens (including phenoxy) is 1. The normalized spacial score (nSPS) is 11.9. The van der Waals surface area contributed by atoms with Crippen molar-refractivity contribution in [3.05, 3.63) is 35.4 Å². The molecule has 3 heteroatoms. The summed E-state index contributed by atoms with van der Waals surface area (Å²) in [4.78, 5) is 22.6. The van der Waals surface area contributed by atoms with Gasteiger partial charge in [-0.05, 0) is 18.9 Å². The first-order chi connectivity index (χ1) is 7.60. The molecule has 0 spiro atoms. The van der Waals surface area contributed by atoms with Crippen LogP contribution in [0.1, 0.15) is 42.1 Å². The summed E-state index contributed by atoms with van der Waals surface area (Å²) < 4.78 is 4.73. The number of carbonyl (C=O) groups is 2. The molecular weight excluding hydrogens is 204 g/mol. The molecule has 0 fully saturated rings. The molecule has 0 bridgehead atoms. The van der Waals surface area contributed by atoms with E-state index in [0.717, 1.165) is 5.56 Å². The number of methoxy groups -OCH3 is 1. The molecule has 0 saturated heterocycles.